The van der Waals surface area contributed by atoms with Gasteiger partial charge in [0.25, 0.3) is 0 Å². The van der Waals surface area contributed by atoms with Gasteiger partial charge >= 0.3 is 0 Å². The Kier molecular flexibility index (Phi) is 3.99. The highest BCUT2D eigenvalue weighted by atomic mass is 16.3. The Balaban J connectivity index is 1.77. The number of nitrogens with one attached hydrogen (secondary N) is 1. The van der Waals surface area contributed by atoms with Gasteiger partial charge in [-0.3, -0.25) is 0 Å². The number of phenols is 1. The van der Waals surface area contributed by atoms with Crippen LogP contribution in [0.4, 0.5) is 0 Å². The van der Waals surface area contributed by atoms with Crippen molar-refractivity contribution in [2.75, 3.05) is 13.1 Å². The molecule has 1 saturated heterocycles. The number of rotatable bonds is 2. The second kappa shape index (κ2) is 6.29. The third kappa shape index (κ3) is 2.78. The van der Waals surface area contributed by atoms with E-state index in [-0.39, 0.29) is 0 Å². The van der Waals surface area contributed by atoms with E-state index < -0.39 is 0 Å². The first-order valence-electron chi connectivity index (χ1n) is 8.76. The minimum Gasteiger partial charge on any atom is -0.508 e. The van der Waals surface area contributed by atoms with Gasteiger partial charge < -0.3 is 10.4 Å². The molecule has 1 aliphatic rings. The molecule has 24 heavy (non-hydrogen) atoms. The molecule has 0 radical (unpaired) electrons. The SMILES string of the molecule is Cc1cc(-c2cccc3ccc(O)cc23)ccc1[C@@H]1CCCNC1. The number of fused-ring (bicyclic) bond motifs is 1. The highest BCUT2D eigenvalue weighted by Gasteiger charge is 2.17. The molecule has 0 amide bonds. The molecule has 1 aliphatic heterocycles. The Morgan fingerprint density at radius 1 is 1.04 bits per heavy atom. The molecule has 2 N–H and O–H groups in total. The Morgan fingerprint density at radius 2 is 1.96 bits per heavy atom. The van der Waals surface area contributed by atoms with Gasteiger partial charge in [-0.05, 0) is 77.4 Å². The lowest BCUT2D eigenvalue weighted by atomic mass is 9.87. The lowest BCUT2D eigenvalue weighted by molar-refractivity contribution is 0.460. The molecule has 0 spiro atoms. The fourth-order valence-electron chi connectivity index (χ4n) is 3.93. The van der Waals surface area contributed by atoms with Gasteiger partial charge in [0, 0.05) is 6.54 Å². The van der Waals surface area contributed by atoms with E-state index in [0.717, 1.165) is 23.9 Å². The largest absolute Gasteiger partial charge is 0.508 e. The molecule has 122 valence electrons. The summed E-state index contributed by atoms with van der Waals surface area (Å²) < 4.78 is 0. The Hall–Kier alpha value is -2.32. The van der Waals surface area contributed by atoms with Crippen molar-refractivity contribution in [1.82, 2.24) is 5.32 Å². The molecule has 2 nitrogen and oxygen atoms in total. The number of phenolic OH excluding ortho intramolecular Hbond substituents is 1. The van der Waals surface area contributed by atoms with E-state index >= 15 is 0 Å². The summed E-state index contributed by atoms with van der Waals surface area (Å²) in [6.45, 7) is 4.45. The van der Waals surface area contributed by atoms with Crippen LogP contribution < -0.4 is 5.32 Å². The lowest BCUT2D eigenvalue weighted by Gasteiger charge is -2.25. The third-order valence-corrected chi connectivity index (χ3v) is 5.18. The van der Waals surface area contributed by atoms with Gasteiger partial charge in [-0.1, -0.05) is 42.5 Å². The molecule has 0 saturated carbocycles. The summed E-state index contributed by atoms with van der Waals surface area (Å²) in [5, 5.41) is 15.6. The summed E-state index contributed by atoms with van der Waals surface area (Å²) in [7, 11) is 0. The summed E-state index contributed by atoms with van der Waals surface area (Å²) in [6.07, 6.45) is 2.53. The molecule has 3 aromatic rings. The summed E-state index contributed by atoms with van der Waals surface area (Å²) >= 11 is 0. The maximum atomic E-state index is 9.86. The molecule has 0 bridgehead atoms. The smallest absolute Gasteiger partial charge is 0.116 e. The van der Waals surface area contributed by atoms with E-state index in [2.05, 4.69) is 48.6 Å². The number of piperidine rings is 1. The van der Waals surface area contributed by atoms with Crippen molar-refractivity contribution in [3.8, 4) is 16.9 Å². The van der Waals surface area contributed by atoms with Crippen molar-refractivity contribution in [1.29, 1.82) is 0 Å². The Morgan fingerprint density at radius 3 is 2.75 bits per heavy atom. The average molecular weight is 317 g/mol. The van der Waals surface area contributed by atoms with E-state index in [4.69, 9.17) is 0 Å². The normalized spacial score (nSPS) is 18.0. The van der Waals surface area contributed by atoms with Gasteiger partial charge in [0.15, 0.2) is 0 Å². The number of aryl methyl sites for hydroxylation is 1. The first-order chi connectivity index (χ1) is 11.7. The molecule has 1 atom stereocenters. The molecular weight excluding hydrogens is 294 g/mol. The van der Waals surface area contributed by atoms with Gasteiger partial charge in [0.1, 0.15) is 5.75 Å². The van der Waals surface area contributed by atoms with Gasteiger partial charge in [-0.2, -0.15) is 0 Å². The zero-order valence-electron chi connectivity index (χ0n) is 14.0. The van der Waals surface area contributed by atoms with Gasteiger partial charge in [-0.25, -0.2) is 0 Å². The first kappa shape index (κ1) is 15.2. The van der Waals surface area contributed by atoms with E-state index in [1.165, 1.54) is 35.1 Å². The maximum Gasteiger partial charge on any atom is 0.116 e. The van der Waals surface area contributed by atoms with Gasteiger partial charge in [0.2, 0.25) is 0 Å². The van der Waals surface area contributed by atoms with Crippen LogP contribution in [0.25, 0.3) is 21.9 Å². The van der Waals surface area contributed by atoms with Crippen LogP contribution in [0.1, 0.15) is 29.9 Å². The predicted octanol–water partition coefficient (Wildman–Crippen LogP) is 4.99. The molecule has 3 aromatic carbocycles. The molecule has 4 rings (SSSR count). The van der Waals surface area contributed by atoms with Gasteiger partial charge in [-0.15, -0.1) is 0 Å². The fraction of sp³-hybridized carbons (Fsp3) is 0.273. The minimum atomic E-state index is 0.316. The second-order valence-electron chi connectivity index (χ2n) is 6.83. The highest BCUT2D eigenvalue weighted by molar-refractivity contribution is 5.97. The molecule has 0 aromatic heterocycles. The number of benzene rings is 3. The van der Waals surface area contributed by atoms with E-state index in [1.54, 1.807) is 6.07 Å². The first-order valence-corrected chi connectivity index (χ1v) is 8.76. The summed E-state index contributed by atoms with van der Waals surface area (Å²) in [5.41, 5.74) is 5.23. The summed E-state index contributed by atoms with van der Waals surface area (Å²) in [6, 6.07) is 18.7. The van der Waals surface area contributed by atoms with Crippen molar-refractivity contribution in [2.45, 2.75) is 25.7 Å². The summed E-state index contributed by atoms with van der Waals surface area (Å²) in [4.78, 5) is 0. The lowest BCUT2D eigenvalue weighted by Crippen LogP contribution is -2.28. The number of hydrogen-bond acceptors (Lipinski definition) is 2. The molecule has 0 aliphatic carbocycles. The van der Waals surface area contributed by atoms with Crippen LogP contribution in [-0.2, 0) is 0 Å². The van der Waals surface area contributed by atoms with E-state index in [9.17, 15) is 5.11 Å². The van der Waals surface area contributed by atoms with Crippen LogP contribution in [0.5, 0.6) is 5.75 Å². The molecule has 1 fully saturated rings. The van der Waals surface area contributed by atoms with Crippen LogP contribution in [0, 0.1) is 6.92 Å². The minimum absolute atomic E-state index is 0.316. The molecular formula is C22H23NO. The number of hydrogen-bond donors (Lipinski definition) is 2. The topological polar surface area (TPSA) is 32.3 Å². The van der Waals surface area contributed by atoms with E-state index in [0.29, 0.717) is 11.7 Å². The van der Waals surface area contributed by atoms with Gasteiger partial charge in [0.05, 0.1) is 0 Å². The highest BCUT2D eigenvalue weighted by Crippen LogP contribution is 2.34. The van der Waals surface area contributed by atoms with Crippen LogP contribution >= 0.6 is 0 Å². The van der Waals surface area contributed by atoms with E-state index in [1.807, 2.05) is 12.1 Å². The quantitative estimate of drug-likeness (QED) is 0.698. The second-order valence-corrected chi connectivity index (χ2v) is 6.83. The van der Waals surface area contributed by atoms with Crippen molar-refractivity contribution in [2.24, 2.45) is 0 Å². The Labute approximate surface area is 143 Å². The predicted molar refractivity (Wildman–Crippen MR) is 101 cm³/mol. The third-order valence-electron chi connectivity index (χ3n) is 5.18. The fourth-order valence-corrected chi connectivity index (χ4v) is 3.93. The molecule has 2 heteroatoms. The van der Waals surface area contributed by atoms with Crippen molar-refractivity contribution >= 4 is 10.8 Å². The summed E-state index contributed by atoms with van der Waals surface area (Å²) in [5.74, 6) is 0.945. The standard InChI is InChI=1S/C22H23NO/c1-15-12-17(8-10-20(15)18-5-3-11-23-14-18)21-6-2-4-16-7-9-19(24)13-22(16)21/h2,4,6-10,12-13,18,23-24H,3,5,11,14H2,1H3/t18-/m1/s1. The van der Waals surface area contributed by atoms with Crippen molar-refractivity contribution in [3.63, 3.8) is 0 Å². The number of aromatic hydroxyl groups is 1. The zero-order chi connectivity index (χ0) is 16.5. The van der Waals surface area contributed by atoms with Crippen molar-refractivity contribution in [3.05, 3.63) is 65.7 Å². The Bertz CT molecular complexity index is 878. The monoisotopic (exact) mass is 317 g/mol. The zero-order valence-corrected chi connectivity index (χ0v) is 14.0. The molecule has 0 unspecified atom stereocenters. The molecule has 1 heterocycles. The van der Waals surface area contributed by atoms with Crippen molar-refractivity contribution < 1.29 is 5.11 Å². The van der Waals surface area contributed by atoms with Crippen LogP contribution in [0.15, 0.2) is 54.6 Å². The maximum absolute atomic E-state index is 9.86. The van der Waals surface area contributed by atoms with Crippen LogP contribution in [-0.4, -0.2) is 18.2 Å². The van der Waals surface area contributed by atoms with Crippen LogP contribution in [0.3, 0.4) is 0 Å². The average Bonchev–Trinajstić information content (AvgIpc) is 2.62. The van der Waals surface area contributed by atoms with Crippen LogP contribution in [0.2, 0.25) is 0 Å².